The molecule has 0 radical (unpaired) electrons. The second-order valence-electron chi connectivity index (χ2n) is 5.15. The molecule has 0 saturated heterocycles. The first-order valence-corrected chi connectivity index (χ1v) is 5.65. The van der Waals surface area contributed by atoms with Crippen LogP contribution < -0.4 is 0 Å². The zero-order chi connectivity index (χ0) is 13.9. The van der Waals surface area contributed by atoms with Gasteiger partial charge in [0.2, 0.25) is 0 Å². The van der Waals surface area contributed by atoms with Gasteiger partial charge in [-0.15, -0.1) is 0 Å². The molecule has 0 bridgehead atoms. The largest absolute Gasteiger partial charge is 0.460 e. The number of nitro benzene ring substituents is 1. The molecule has 0 aliphatic heterocycles. The molecule has 0 aliphatic rings. The summed E-state index contributed by atoms with van der Waals surface area (Å²) in [6, 6.07) is 4.70. The van der Waals surface area contributed by atoms with Gasteiger partial charge in [-0.25, -0.2) is 0 Å². The van der Waals surface area contributed by atoms with E-state index in [4.69, 9.17) is 4.74 Å². The van der Waals surface area contributed by atoms with Crippen LogP contribution >= 0.6 is 0 Å². The van der Waals surface area contributed by atoms with Gasteiger partial charge < -0.3 is 4.74 Å². The SMILES string of the molecule is Cc1ccc([N+](=O)[O-])c(CC(=O)OC(C)(C)C)c1. The number of nitrogens with zero attached hydrogens (tertiary/aromatic N) is 1. The Morgan fingerprint density at radius 1 is 1.39 bits per heavy atom. The lowest BCUT2D eigenvalue weighted by Crippen LogP contribution is -2.25. The molecule has 5 nitrogen and oxygen atoms in total. The highest BCUT2D eigenvalue weighted by molar-refractivity contribution is 5.74. The second kappa shape index (κ2) is 5.16. The average Bonchev–Trinajstić information content (AvgIpc) is 2.13. The number of aryl methyl sites for hydroxylation is 1. The maximum atomic E-state index is 11.7. The molecule has 0 N–H and O–H groups in total. The topological polar surface area (TPSA) is 69.4 Å². The van der Waals surface area contributed by atoms with Crippen molar-refractivity contribution in [2.75, 3.05) is 0 Å². The minimum absolute atomic E-state index is 0.0496. The van der Waals surface area contributed by atoms with Crippen LogP contribution in [0.5, 0.6) is 0 Å². The number of rotatable bonds is 3. The molecule has 0 heterocycles. The van der Waals surface area contributed by atoms with Gasteiger partial charge in [0.15, 0.2) is 0 Å². The van der Waals surface area contributed by atoms with Crippen LogP contribution in [-0.2, 0) is 16.0 Å². The minimum Gasteiger partial charge on any atom is -0.460 e. The first-order chi connectivity index (χ1) is 8.19. The zero-order valence-corrected chi connectivity index (χ0v) is 11.0. The fourth-order valence-corrected chi connectivity index (χ4v) is 1.57. The van der Waals surface area contributed by atoms with Crippen LogP contribution in [0.1, 0.15) is 31.9 Å². The fourth-order valence-electron chi connectivity index (χ4n) is 1.57. The molecule has 1 aromatic rings. The molecule has 0 fully saturated rings. The van der Waals surface area contributed by atoms with Gasteiger partial charge in [0.05, 0.1) is 11.3 Å². The lowest BCUT2D eigenvalue weighted by Gasteiger charge is -2.19. The Morgan fingerprint density at radius 2 is 2.00 bits per heavy atom. The number of hydrogen-bond donors (Lipinski definition) is 0. The van der Waals surface area contributed by atoms with E-state index in [0.29, 0.717) is 5.56 Å². The molecule has 0 amide bonds. The van der Waals surface area contributed by atoms with Crippen LogP contribution in [0.15, 0.2) is 18.2 Å². The summed E-state index contributed by atoms with van der Waals surface area (Å²) in [6.45, 7) is 7.10. The van der Waals surface area contributed by atoms with E-state index >= 15 is 0 Å². The van der Waals surface area contributed by atoms with Gasteiger partial charge in [-0.05, 0) is 33.8 Å². The van der Waals surface area contributed by atoms with E-state index in [2.05, 4.69) is 0 Å². The number of esters is 1. The molecule has 98 valence electrons. The molecule has 0 aliphatic carbocycles. The van der Waals surface area contributed by atoms with E-state index in [9.17, 15) is 14.9 Å². The summed E-state index contributed by atoms with van der Waals surface area (Å²) in [4.78, 5) is 22.0. The quantitative estimate of drug-likeness (QED) is 0.470. The first kappa shape index (κ1) is 14.2. The van der Waals surface area contributed by atoms with Crippen molar-refractivity contribution in [2.24, 2.45) is 0 Å². The number of carbonyl (C=O) groups excluding carboxylic acids is 1. The first-order valence-electron chi connectivity index (χ1n) is 5.65. The van der Waals surface area contributed by atoms with E-state index in [1.54, 1.807) is 32.9 Å². The van der Waals surface area contributed by atoms with E-state index in [0.717, 1.165) is 5.56 Å². The lowest BCUT2D eigenvalue weighted by molar-refractivity contribution is -0.385. The summed E-state index contributed by atoms with van der Waals surface area (Å²) in [5, 5.41) is 10.9. The normalized spacial score (nSPS) is 11.1. The number of benzene rings is 1. The van der Waals surface area contributed by atoms with Gasteiger partial charge in [0, 0.05) is 11.6 Å². The Labute approximate surface area is 106 Å². The zero-order valence-electron chi connectivity index (χ0n) is 11.0. The predicted molar refractivity (Wildman–Crippen MR) is 67.4 cm³/mol. The number of carbonyl (C=O) groups is 1. The molecule has 0 spiro atoms. The van der Waals surface area contributed by atoms with E-state index in [1.807, 2.05) is 6.92 Å². The van der Waals surface area contributed by atoms with Crippen molar-refractivity contribution in [1.82, 2.24) is 0 Å². The van der Waals surface area contributed by atoms with E-state index in [-0.39, 0.29) is 12.1 Å². The minimum atomic E-state index is -0.588. The van der Waals surface area contributed by atoms with Gasteiger partial charge in [-0.1, -0.05) is 11.6 Å². The van der Waals surface area contributed by atoms with Crippen molar-refractivity contribution in [3.8, 4) is 0 Å². The fraction of sp³-hybridized carbons (Fsp3) is 0.462. The third-order valence-corrected chi connectivity index (χ3v) is 2.19. The summed E-state index contributed by atoms with van der Waals surface area (Å²) in [5.74, 6) is -0.462. The molecule has 1 rings (SSSR count). The standard InChI is InChI=1S/C13H17NO4/c1-9-5-6-11(14(16)17)10(7-9)8-12(15)18-13(2,3)4/h5-7H,8H2,1-4H3. The molecule has 5 heteroatoms. The Hall–Kier alpha value is -1.91. The van der Waals surface area contributed by atoms with Crippen LogP contribution in [0, 0.1) is 17.0 Å². The van der Waals surface area contributed by atoms with Gasteiger partial charge in [-0.2, -0.15) is 0 Å². The van der Waals surface area contributed by atoms with Crippen molar-refractivity contribution in [1.29, 1.82) is 0 Å². The van der Waals surface area contributed by atoms with Gasteiger partial charge >= 0.3 is 5.97 Å². The summed E-state index contributed by atoms with van der Waals surface area (Å²) in [6.07, 6.45) is -0.0880. The monoisotopic (exact) mass is 251 g/mol. The number of hydrogen-bond acceptors (Lipinski definition) is 4. The number of ether oxygens (including phenoxy) is 1. The van der Waals surface area contributed by atoms with Crippen molar-refractivity contribution in [3.63, 3.8) is 0 Å². The van der Waals surface area contributed by atoms with Gasteiger partial charge in [0.1, 0.15) is 5.60 Å². The molecule has 18 heavy (non-hydrogen) atoms. The van der Waals surface area contributed by atoms with Crippen LogP contribution in [0.3, 0.4) is 0 Å². The second-order valence-corrected chi connectivity index (χ2v) is 5.15. The van der Waals surface area contributed by atoms with Gasteiger partial charge in [-0.3, -0.25) is 14.9 Å². The van der Waals surface area contributed by atoms with Crippen molar-refractivity contribution < 1.29 is 14.5 Å². The molecular formula is C13H17NO4. The van der Waals surface area contributed by atoms with Crippen LogP contribution in [0.2, 0.25) is 0 Å². The Balaban J connectivity index is 2.93. The highest BCUT2D eigenvalue weighted by atomic mass is 16.6. The highest BCUT2D eigenvalue weighted by Crippen LogP contribution is 2.21. The Kier molecular flexibility index (Phi) is 4.06. The van der Waals surface area contributed by atoms with Gasteiger partial charge in [0.25, 0.3) is 5.69 Å². The van der Waals surface area contributed by atoms with Crippen molar-refractivity contribution >= 4 is 11.7 Å². The van der Waals surface area contributed by atoms with E-state index < -0.39 is 16.5 Å². The summed E-state index contributed by atoms with van der Waals surface area (Å²) in [5.41, 5.74) is 0.621. The Morgan fingerprint density at radius 3 is 2.50 bits per heavy atom. The van der Waals surface area contributed by atoms with Crippen LogP contribution in [0.4, 0.5) is 5.69 Å². The summed E-state index contributed by atoms with van der Waals surface area (Å²) in [7, 11) is 0. The van der Waals surface area contributed by atoms with Crippen molar-refractivity contribution in [3.05, 3.63) is 39.4 Å². The molecule has 0 saturated carbocycles. The summed E-state index contributed by atoms with van der Waals surface area (Å²) < 4.78 is 5.15. The van der Waals surface area contributed by atoms with Crippen LogP contribution in [-0.4, -0.2) is 16.5 Å². The van der Waals surface area contributed by atoms with Crippen LogP contribution in [0.25, 0.3) is 0 Å². The molecule has 0 aromatic heterocycles. The maximum absolute atomic E-state index is 11.7. The van der Waals surface area contributed by atoms with E-state index in [1.165, 1.54) is 6.07 Å². The smallest absolute Gasteiger partial charge is 0.311 e. The molecule has 0 atom stereocenters. The molecule has 1 aromatic carbocycles. The Bertz CT molecular complexity index is 474. The summed E-state index contributed by atoms with van der Waals surface area (Å²) >= 11 is 0. The average molecular weight is 251 g/mol. The number of nitro groups is 1. The lowest BCUT2D eigenvalue weighted by atomic mass is 10.1. The third kappa shape index (κ3) is 4.16. The third-order valence-electron chi connectivity index (χ3n) is 2.19. The molecule has 0 unspecified atom stereocenters. The maximum Gasteiger partial charge on any atom is 0.311 e. The molecular weight excluding hydrogens is 234 g/mol. The highest BCUT2D eigenvalue weighted by Gasteiger charge is 2.21. The van der Waals surface area contributed by atoms with Crippen molar-refractivity contribution in [2.45, 2.75) is 39.7 Å². The predicted octanol–water partition coefficient (Wildman–Crippen LogP) is 2.79.